The first-order valence-electron chi connectivity index (χ1n) is 6.30. The average molecular weight is 213 g/mol. The summed E-state index contributed by atoms with van der Waals surface area (Å²) < 4.78 is 0. The molecule has 1 heteroatoms. The van der Waals surface area contributed by atoms with Gasteiger partial charge in [-0.25, -0.2) is 0 Å². The van der Waals surface area contributed by atoms with E-state index in [1.807, 2.05) is 0 Å². The largest absolute Gasteiger partial charge is 0.358 e. The fourth-order valence-corrected chi connectivity index (χ4v) is 3.33. The van der Waals surface area contributed by atoms with Gasteiger partial charge in [-0.15, -0.1) is 0 Å². The van der Waals surface area contributed by atoms with Crippen LogP contribution in [0.2, 0.25) is 0 Å². The molecular weight excluding hydrogens is 194 g/mol. The van der Waals surface area contributed by atoms with Crippen LogP contribution in [0.25, 0.3) is 0 Å². The molecule has 1 saturated carbocycles. The van der Waals surface area contributed by atoms with Gasteiger partial charge < -0.3 is 5.32 Å². The Labute approximate surface area is 97.6 Å². The summed E-state index contributed by atoms with van der Waals surface area (Å²) in [5.74, 6) is 0. The van der Waals surface area contributed by atoms with Crippen LogP contribution in [0.5, 0.6) is 0 Å². The van der Waals surface area contributed by atoms with Gasteiger partial charge >= 0.3 is 0 Å². The maximum absolute atomic E-state index is 4.26. The van der Waals surface area contributed by atoms with E-state index in [9.17, 15) is 0 Å². The molecular formula is C15H19N. The third-order valence-electron chi connectivity index (χ3n) is 4.26. The van der Waals surface area contributed by atoms with Gasteiger partial charge in [0, 0.05) is 16.8 Å². The Bertz CT molecular complexity index is 439. The molecule has 0 bridgehead atoms. The van der Waals surface area contributed by atoms with Crippen molar-refractivity contribution >= 4 is 5.69 Å². The number of aryl methyl sites for hydroxylation is 1. The Morgan fingerprint density at radius 3 is 2.69 bits per heavy atom. The van der Waals surface area contributed by atoms with Gasteiger partial charge in [0.05, 0.1) is 0 Å². The molecule has 1 aromatic rings. The minimum atomic E-state index is 0.250. The fraction of sp³-hybridized carbons (Fsp3) is 0.467. The molecule has 0 aromatic heterocycles. The van der Waals surface area contributed by atoms with Crippen molar-refractivity contribution in [1.29, 1.82) is 0 Å². The summed E-state index contributed by atoms with van der Waals surface area (Å²) in [5, 5.41) is 3.49. The number of allylic oxidation sites excluding steroid dienone is 1. The summed E-state index contributed by atoms with van der Waals surface area (Å²) in [6, 6.07) is 6.74. The zero-order valence-corrected chi connectivity index (χ0v) is 9.97. The maximum Gasteiger partial charge on any atom is 0.0424 e. The molecule has 2 aliphatic rings. The van der Waals surface area contributed by atoms with Crippen molar-refractivity contribution in [3.8, 4) is 0 Å². The topological polar surface area (TPSA) is 12.0 Å². The summed E-state index contributed by atoms with van der Waals surface area (Å²) >= 11 is 0. The molecule has 16 heavy (non-hydrogen) atoms. The van der Waals surface area contributed by atoms with Crippen molar-refractivity contribution in [2.75, 3.05) is 5.32 Å². The highest BCUT2D eigenvalue weighted by molar-refractivity contribution is 5.68. The first-order valence-corrected chi connectivity index (χ1v) is 6.30. The average Bonchev–Trinajstić information content (AvgIpc) is 2.55. The third-order valence-corrected chi connectivity index (χ3v) is 4.26. The quantitative estimate of drug-likeness (QED) is 0.683. The molecule has 1 spiro atoms. The lowest BCUT2D eigenvalue weighted by Crippen LogP contribution is -2.28. The van der Waals surface area contributed by atoms with Crippen LogP contribution in [0.4, 0.5) is 5.69 Å². The van der Waals surface area contributed by atoms with Gasteiger partial charge in [0.15, 0.2) is 0 Å². The van der Waals surface area contributed by atoms with Crippen LogP contribution in [0.1, 0.15) is 43.2 Å². The number of hydrogen-bond donors (Lipinski definition) is 1. The Morgan fingerprint density at radius 2 is 1.94 bits per heavy atom. The smallest absolute Gasteiger partial charge is 0.0424 e. The van der Waals surface area contributed by atoms with Crippen LogP contribution in [-0.2, 0) is 5.41 Å². The summed E-state index contributed by atoms with van der Waals surface area (Å²) in [6.45, 7) is 6.44. The summed E-state index contributed by atoms with van der Waals surface area (Å²) in [5.41, 5.74) is 5.63. The standard InChI is InChI=1S/C15H19N/c1-11-6-7-14-13(10-11)15(12(2)16-14)8-4-3-5-9-15/h6-7,10,16H,2-5,8-9H2,1H3. The predicted molar refractivity (Wildman–Crippen MR) is 68.7 cm³/mol. The highest BCUT2D eigenvalue weighted by Gasteiger charge is 2.42. The van der Waals surface area contributed by atoms with E-state index in [1.54, 1.807) is 0 Å². The van der Waals surface area contributed by atoms with Gasteiger partial charge in [0.2, 0.25) is 0 Å². The zero-order chi connectivity index (χ0) is 11.2. The number of hydrogen-bond acceptors (Lipinski definition) is 1. The number of fused-ring (bicyclic) bond motifs is 2. The fourth-order valence-electron chi connectivity index (χ4n) is 3.33. The van der Waals surface area contributed by atoms with E-state index < -0.39 is 0 Å². The highest BCUT2D eigenvalue weighted by Crippen LogP contribution is 2.51. The molecule has 1 aromatic carbocycles. The van der Waals surface area contributed by atoms with E-state index in [2.05, 4.69) is 37.0 Å². The molecule has 0 unspecified atom stereocenters. The van der Waals surface area contributed by atoms with Crippen LogP contribution in [0, 0.1) is 6.92 Å². The molecule has 0 amide bonds. The number of benzene rings is 1. The predicted octanol–water partition coefficient (Wildman–Crippen LogP) is 4.14. The number of nitrogens with one attached hydrogen (secondary N) is 1. The molecule has 1 N–H and O–H groups in total. The second-order valence-corrected chi connectivity index (χ2v) is 5.30. The lowest BCUT2D eigenvalue weighted by molar-refractivity contribution is 0.351. The van der Waals surface area contributed by atoms with Crippen LogP contribution < -0.4 is 5.32 Å². The lowest BCUT2D eigenvalue weighted by Gasteiger charge is -2.34. The van der Waals surface area contributed by atoms with Crippen molar-refractivity contribution in [3.05, 3.63) is 41.6 Å². The van der Waals surface area contributed by atoms with Crippen molar-refractivity contribution in [2.45, 2.75) is 44.4 Å². The Hall–Kier alpha value is -1.24. The normalized spacial score (nSPS) is 21.9. The van der Waals surface area contributed by atoms with Crippen LogP contribution >= 0.6 is 0 Å². The van der Waals surface area contributed by atoms with E-state index in [-0.39, 0.29) is 5.41 Å². The van der Waals surface area contributed by atoms with Crippen LogP contribution in [-0.4, -0.2) is 0 Å². The van der Waals surface area contributed by atoms with Crippen molar-refractivity contribution in [2.24, 2.45) is 0 Å². The van der Waals surface area contributed by atoms with Crippen molar-refractivity contribution < 1.29 is 0 Å². The van der Waals surface area contributed by atoms with Gasteiger partial charge in [-0.2, -0.15) is 0 Å². The third kappa shape index (κ3) is 1.24. The number of rotatable bonds is 0. The molecule has 84 valence electrons. The second-order valence-electron chi connectivity index (χ2n) is 5.30. The molecule has 0 atom stereocenters. The zero-order valence-electron chi connectivity index (χ0n) is 9.97. The van der Waals surface area contributed by atoms with Crippen molar-refractivity contribution in [1.82, 2.24) is 0 Å². The lowest BCUT2D eigenvalue weighted by atomic mass is 9.69. The first kappa shape index (κ1) is 9.95. The summed E-state index contributed by atoms with van der Waals surface area (Å²) in [4.78, 5) is 0. The Kier molecular flexibility index (Phi) is 2.10. The molecule has 1 heterocycles. The van der Waals surface area contributed by atoms with E-state index >= 15 is 0 Å². The van der Waals surface area contributed by atoms with E-state index in [0.29, 0.717) is 0 Å². The highest BCUT2D eigenvalue weighted by atomic mass is 15.0. The van der Waals surface area contributed by atoms with Crippen molar-refractivity contribution in [3.63, 3.8) is 0 Å². The summed E-state index contributed by atoms with van der Waals surface area (Å²) in [6.07, 6.45) is 6.61. The molecule has 1 aliphatic carbocycles. The Balaban J connectivity index is 2.13. The van der Waals surface area contributed by atoms with E-state index in [4.69, 9.17) is 0 Å². The SMILES string of the molecule is C=C1Nc2ccc(C)cc2C12CCCCC2. The maximum atomic E-state index is 4.26. The minimum Gasteiger partial charge on any atom is -0.358 e. The molecule has 1 nitrogen and oxygen atoms in total. The monoisotopic (exact) mass is 213 g/mol. The van der Waals surface area contributed by atoms with E-state index in [1.165, 1.54) is 54.6 Å². The van der Waals surface area contributed by atoms with E-state index in [0.717, 1.165) is 0 Å². The first-order chi connectivity index (χ1) is 7.72. The van der Waals surface area contributed by atoms with Crippen LogP contribution in [0.15, 0.2) is 30.5 Å². The summed E-state index contributed by atoms with van der Waals surface area (Å²) in [7, 11) is 0. The molecule has 0 saturated heterocycles. The van der Waals surface area contributed by atoms with Gasteiger partial charge in [-0.05, 0) is 31.4 Å². The van der Waals surface area contributed by atoms with Gasteiger partial charge in [0.1, 0.15) is 0 Å². The van der Waals surface area contributed by atoms with Crippen LogP contribution in [0.3, 0.4) is 0 Å². The second kappa shape index (κ2) is 3.38. The molecule has 0 radical (unpaired) electrons. The minimum absolute atomic E-state index is 0.250. The van der Waals surface area contributed by atoms with Gasteiger partial charge in [-0.3, -0.25) is 0 Å². The molecule has 1 fully saturated rings. The number of anilines is 1. The molecule has 1 aliphatic heterocycles. The van der Waals surface area contributed by atoms with Gasteiger partial charge in [0.25, 0.3) is 0 Å². The van der Waals surface area contributed by atoms with Gasteiger partial charge in [-0.1, -0.05) is 43.5 Å². The molecule has 3 rings (SSSR count). The Morgan fingerprint density at radius 1 is 1.19 bits per heavy atom.